The van der Waals surface area contributed by atoms with Crippen LogP contribution in [0.5, 0.6) is 0 Å². The number of imidazole rings is 1. The van der Waals surface area contributed by atoms with E-state index in [1.165, 1.54) is 0 Å². The van der Waals surface area contributed by atoms with Gasteiger partial charge in [0.1, 0.15) is 5.82 Å². The van der Waals surface area contributed by atoms with Crippen LogP contribution in [-0.2, 0) is 11.2 Å². The van der Waals surface area contributed by atoms with E-state index in [2.05, 4.69) is 21.3 Å². The summed E-state index contributed by atoms with van der Waals surface area (Å²) in [6.45, 7) is 3.70. The summed E-state index contributed by atoms with van der Waals surface area (Å²) < 4.78 is 2.17. The van der Waals surface area contributed by atoms with Gasteiger partial charge in [0, 0.05) is 30.2 Å². The molecule has 1 fully saturated rings. The first-order valence-electron chi connectivity index (χ1n) is 9.92. The topological polar surface area (TPSA) is 66.3 Å². The van der Waals surface area contributed by atoms with E-state index in [0.717, 1.165) is 41.0 Å². The van der Waals surface area contributed by atoms with Crippen molar-refractivity contribution in [3.05, 3.63) is 65.3 Å². The van der Waals surface area contributed by atoms with E-state index < -0.39 is 0 Å². The fraction of sp³-hybridized carbons (Fsp3) is 0.318. The number of likely N-dealkylation sites (tertiary alicyclic amines) is 1. The van der Waals surface area contributed by atoms with Crippen molar-refractivity contribution in [1.29, 1.82) is 0 Å². The number of hydrogen-bond acceptors (Lipinski definition) is 3. The number of hydrogen-bond donors (Lipinski definition) is 1. The maximum absolute atomic E-state index is 13.0. The molecule has 3 aromatic heterocycles. The van der Waals surface area contributed by atoms with Crippen LogP contribution in [0.25, 0.3) is 16.7 Å². The van der Waals surface area contributed by atoms with E-state index in [1.54, 1.807) is 0 Å². The first-order valence-corrected chi connectivity index (χ1v) is 10.3. The third-order valence-corrected chi connectivity index (χ3v) is 6.21. The van der Waals surface area contributed by atoms with Crippen molar-refractivity contribution in [2.45, 2.75) is 25.7 Å². The molecule has 0 saturated carbocycles. The van der Waals surface area contributed by atoms with Crippen molar-refractivity contribution in [2.75, 3.05) is 13.1 Å². The normalized spacial score (nSPS) is 19.9. The lowest BCUT2D eigenvalue weighted by atomic mass is 9.86. The largest absolute Gasteiger partial charge is 0.345 e. The van der Waals surface area contributed by atoms with E-state index in [4.69, 9.17) is 16.6 Å². The summed E-state index contributed by atoms with van der Waals surface area (Å²) in [5.41, 5.74) is 3.78. The first-order chi connectivity index (χ1) is 14.1. The number of piperidine rings is 1. The fourth-order valence-corrected chi connectivity index (χ4v) is 4.54. The fourth-order valence-electron chi connectivity index (χ4n) is 4.33. The second-order valence-corrected chi connectivity index (χ2v) is 8.30. The summed E-state index contributed by atoms with van der Waals surface area (Å²) in [5.74, 6) is 1.76. The Morgan fingerprint density at radius 3 is 3.00 bits per heavy atom. The monoisotopic (exact) mass is 407 g/mol. The lowest BCUT2D eigenvalue weighted by molar-refractivity contribution is -0.132. The third kappa shape index (κ3) is 3.27. The van der Waals surface area contributed by atoms with Crippen LogP contribution in [0.2, 0.25) is 5.02 Å². The van der Waals surface area contributed by atoms with Crippen LogP contribution in [0.3, 0.4) is 0 Å². The molecule has 0 bridgehead atoms. The van der Waals surface area contributed by atoms with Gasteiger partial charge in [-0.1, -0.05) is 30.7 Å². The predicted molar refractivity (Wildman–Crippen MR) is 113 cm³/mol. The number of rotatable bonds is 3. The van der Waals surface area contributed by atoms with Crippen molar-refractivity contribution in [3.63, 3.8) is 0 Å². The molecule has 148 valence electrons. The number of fused-ring (bicyclic) bond motifs is 3. The summed E-state index contributed by atoms with van der Waals surface area (Å²) in [5, 5.41) is 0.661. The molecule has 2 unspecified atom stereocenters. The van der Waals surface area contributed by atoms with Crippen molar-refractivity contribution in [3.8, 4) is 0 Å². The van der Waals surface area contributed by atoms with Crippen LogP contribution >= 0.6 is 11.6 Å². The van der Waals surface area contributed by atoms with Gasteiger partial charge < -0.3 is 9.88 Å². The van der Waals surface area contributed by atoms with Crippen molar-refractivity contribution < 1.29 is 4.79 Å². The molecule has 2 atom stereocenters. The Balaban J connectivity index is 1.44. The van der Waals surface area contributed by atoms with Crippen LogP contribution in [0.4, 0.5) is 0 Å². The van der Waals surface area contributed by atoms with Crippen LogP contribution in [0.1, 0.15) is 30.7 Å². The molecule has 1 aliphatic rings. The average Bonchev–Trinajstić information content (AvgIpc) is 3.34. The number of aromatic amines is 1. The summed E-state index contributed by atoms with van der Waals surface area (Å²) >= 11 is 6.07. The highest BCUT2D eigenvalue weighted by Gasteiger charge is 2.32. The van der Waals surface area contributed by atoms with Gasteiger partial charge >= 0.3 is 0 Å². The standard InChI is InChI=1S/C22H22ClN5O/c1-14-6-8-27(20(29)10-15-3-2-4-16(23)9-15)13-18(14)22-26-12-17-11-25-21-19(28(17)22)5-7-24-21/h2-5,7,9,11-12,14,18,24H,6,8,10,13H2,1H3. The highest BCUT2D eigenvalue weighted by Crippen LogP contribution is 2.33. The van der Waals surface area contributed by atoms with Gasteiger partial charge in [0.25, 0.3) is 0 Å². The second kappa shape index (κ2) is 7.19. The number of benzene rings is 1. The number of carbonyl (C=O) groups is 1. The lowest BCUT2D eigenvalue weighted by Crippen LogP contribution is -2.43. The molecule has 5 rings (SSSR count). The van der Waals surface area contributed by atoms with Gasteiger partial charge in [0.05, 0.1) is 29.8 Å². The van der Waals surface area contributed by atoms with Crippen molar-refractivity contribution in [1.82, 2.24) is 24.3 Å². The molecule has 1 N–H and O–H groups in total. The maximum atomic E-state index is 13.0. The lowest BCUT2D eigenvalue weighted by Gasteiger charge is -2.36. The smallest absolute Gasteiger partial charge is 0.227 e. The Bertz CT molecular complexity index is 1200. The van der Waals surface area contributed by atoms with Gasteiger partial charge in [-0.15, -0.1) is 0 Å². The van der Waals surface area contributed by atoms with Crippen molar-refractivity contribution >= 4 is 34.2 Å². The SMILES string of the molecule is CC1CCN(C(=O)Cc2cccc(Cl)c2)CC1c1ncc2cnc3[nH]ccc3n12. The molecular weight excluding hydrogens is 386 g/mol. The second-order valence-electron chi connectivity index (χ2n) is 7.87. The summed E-state index contributed by atoms with van der Waals surface area (Å²) in [7, 11) is 0. The Morgan fingerprint density at radius 2 is 2.14 bits per heavy atom. The molecule has 0 radical (unpaired) electrons. The molecule has 4 heterocycles. The van der Waals surface area contributed by atoms with E-state index in [9.17, 15) is 4.79 Å². The Hall–Kier alpha value is -2.86. The maximum Gasteiger partial charge on any atom is 0.227 e. The molecule has 6 nitrogen and oxygen atoms in total. The Morgan fingerprint density at radius 1 is 1.28 bits per heavy atom. The molecule has 1 aliphatic heterocycles. The molecule has 1 aromatic carbocycles. The number of amides is 1. The van der Waals surface area contributed by atoms with E-state index >= 15 is 0 Å². The quantitative estimate of drug-likeness (QED) is 0.557. The minimum atomic E-state index is 0.137. The minimum absolute atomic E-state index is 0.137. The van der Waals surface area contributed by atoms with Crippen LogP contribution in [0, 0.1) is 5.92 Å². The third-order valence-electron chi connectivity index (χ3n) is 5.97. The highest BCUT2D eigenvalue weighted by molar-refractivity contribution is 6.30. The van der Waals surface area contributed by atoms with Gasteiger partial charge in [-0.3, -0.25) is 9.20 Å². The van der Waals surface area contributed by atoms with Gasteiger partial charge in [-0.25, -0.2) is 9.97 Å². The first kappa shape index (κ1) is 18.2. The van der Waals surface area contributed by atoms with Gasteiger partial charge in [0.15, 0.2) is 5.65 Å². The molecule has 7 heteroatoms. The minimum Gasteiger partial charge on any atom is -0.345 e. The molecule has 29 heavy (non-hydrogen) atoms. The number of nitrogens with zero attached hydrogens (tertiary/aromatic N) is 4. The zero-order chi connectivity index (χ0) is 20.0. The predicted octanol–water partition coefficient (Wildman–Crippen LogP) is 4.06. The van der Waals surface area contributed by atoms with E-state index in [-0.39, 0.29) is 11.8 Å². The number of nitrogens with one attached hydrogen (secondary N) is 1. The van der Waals surface area contributed by atoms with Crippen molar-refractivity contribution in [2.24, 2.45) is 5.92 Å². The highest BCUT2D eigenvalue weighted by atomic mass is 35.5. The van der Waals surface area contributed by atoms with Crippen LogP contribution in [0.15, 0.2) is 48.9 Å². The van der Waals surface area contributed by atoms with E-state index in [0.29, 0.717) is 23.9 Å². The van der Waals surface area contributed by atoms with Gasteiger partial charge in [0.2, 0.25) is 5.91 Å². The average molecular weight is 408 g/mol. The zero-order valence-electron chi connectivity index (χ0n) is 16.2. The van der Waals surface area contributed by atoms with E-state index in [1.807, 2.05) is 53.8 Å². The Kier molecular flexibility index (Phi) is 4.51. The Labute approximate surface area is 173 Å². The van der Waals surface area contributed by atoms with Gasteiger partial charge in [-0.2, -0.15) is 0 Å². The molecule has 0 aliphatic carbocycles. The summed E-state index contributed by atoms with van der Waals surface area (Å²) in [4.78, 5) is 27.3. The number of carbonyl (C=O) groups excluding carboxylic acids is 1. The number of aromatic nitrogens is 4. The van der Waals surface area contributed by atoms with Crippen LogP contribution < -0.4 is 0 Å². The summed E-state index contributed by atoms with van der Waals surface area (Å²) in [6, 6.07) is 9.55. The molecule has 4 aromatic rings. The van der Waals surface area contributed by atoms with Gasteiger partial charge in [-0.05, 0) is 36.1 Å². The molecule has 1 amide bonds. The molecule has 0 spiro atoms. The molecule has 1 saturated heterocycles. The number of H-pyrrole nitrogens is 1. The number of halogens is 1. The molecular formula is C22H22ClN5O. The summed E-state index contributed by atoms with van der Waals surface area (Å²) in [6.07, 6.45) is 6.93. The van der Waals surface area contributed by atoms with Crippen LogP contribution in [-0.4, -0.2) is 43.2 Å². The zero-order valence-corrected chi connectivity index (χ0v) is 16.9.